The highest BCUT2D eigenvalue weighted by atomic mass is 32.2. The lowest BCUT2D eigenvalue weighted by molar-refractivity contribution is 0.571. The fourth-order valence-electron chi connectivity index (χ4n) is 2.95. The molecule has 3 aromatic rings. The fourth-order valence-corrected chi connectivity index (χ4v) is 5.04. The van der Waals surface area contributed by atoms with E-state index in [9.17, 15) is 13.2 Å². The summed E-state index contributed by atoms with van der Waals surface area (Å²) in [5.74, 6) is 0. The Morgan fingerprint density at radius 1 is 1.33 bits per heavy atom. The average molecular weight is 404 g/mol. The second-order valence-corrected chi connectivity index (χ2v) is 9.26. The summed E-state index contributed by atoms with van der Waals surface area (Å²) >= 11 is 1.25. The van der Waals surface area contributed by atoms with Crippen molar-refractivity contribution in [1.82, 2.24) is 24.1 Å². The Kier molecular flexibility index (Phi) is 3.95. The molecule has 0 saturated heterocycles. The predicted molar refractivity (Wildman–Crippen MR) is 99.3 cm³/mol. The molecule has 2 aromatic heterocycles. The van der Waals surface area contributed by atoms with Crippen LogP contribution in [0.5, 0.6) is 0 Å². The maximum absolute atomic E-state index is 12.8. The molecule has 0 bridgehead atoms. The zero-order valence-corrected chi connectivity index (χ0v) is 16.3. The van der Waals surface area contributed by atoms with Gasteiger partial charge in [0.25, 0.3) is 0 Å². The molecular weight excluding hydrogens is 388 g/mol. The van der Waals surface area contributed by atoms with Crippen LogP contribution in [0.4, 0.5) is 0 Å². The Balaban J connectivity index is 1.92. The number of imidazole rings is 1. The Morgan fingerprint density at radius 2 is 2.07 bits per heavy atom. The highest BCUT2D eigenvalue weighted by Crippen LogP contribution is 2.36. The number of sulfonamides is 1. The summed E-state index contributed by atoms with van der Waals surface area (Å²) in [6, 6.07) is 6.50. The molecule has 140 valence electrons. The Hall–Kier alpha value is -2.55. The molecule has 4 rings (SSSR count). The molecule has 11 heteroatoms. The van der Waals surface area contributed by atoms with Gasteiger partial charge in [0.2, 0.25) is 15.2 Å². The largest absolute Gasteiger partial charge is 0.335 e. The van der Waals surface area contributed by atoms with Crippen LogP contribution < -0.4 is 10.4 Å². The summed E-state index contributed by atoms with van der Waals surface area (Å²) in [6.07, 6.45) is 0.984. The second-order valence-electron chi connectivity index (χ2n) is 6.42. The van der Waals surface area contributed by atoms with Crippen LogP contribution in [0, 0.1) is 18.3 Å². The minimum Gasteiger partial charge on any atom is -0.292 e. The van der Waals surface area contributed by atoms with Gasteiger partial charge in [0.15, 0.2) is 0 Å². The fraction of sp³-hybridized carbons (Fsp3) is 0.375. The van der Waals surface area contributed by atoms with Crippen molar-refractivity contribution in [3.05, 3.63) is 33.7 Å². The number of nitrogens with zero attached hydrogens (tertiary/aromatic N) is 5. The van der Waals surface area contributed by atoms with Gasteiger partial charge in [0.1, 0.15) is 10.5 Å². The van der Waals surface area contributed by atoms with Gasteiger partial charge in [-0.3, -0.25) is 4.57 Å². The van der Waals surface area contributed by atoms with Crippen molar-refractivity contribution in [2.45, 2.75) is 43.7 Å². The molecule has 0 radical (unpaired) electrons. The molecule has 0 atom stereocenters. The van der Waals surface area contributed by atoms with Crippen LogP contribution in [0.2, 0.25) is 0 Å². The number of hydrogen-bond acceptors (Lipinski definition) is 7. The maximum atomic E-state index is 12.8. The van der Waals surface area contributed by atoms with Crippen LogP contribution in [0.1, 0.15) is 24.8 Å². The molecule has 1 N–H and O–H groups in total. The lowest BCUT2D eigenvalue weighted by atomic mass is 10.3. The van der Waals surface area contributed by atoms with Crippen LogP contribution in [-0.2, 0) is 16.6 Å². The van der Waals surface area contributed by atoms with Crippen molar-refractivity contribution < 1.29 is 8.42 Å². The van der Waals surface area contributed by atoms with Crippen LogP contribution in [-0.4, -0.2) is 33.3 Å². The van der Waals surface area contributed by atoms with E-state index in [1.807, 2.05) is 13.0 Å². The standard InChI is InChI=1S/C16H16N6O3S2/c1-3-21-12-5-4-11(27(24,25)20-16(9-17)6-7-16)8-13(12)22(15(21)23)14-19-18-10(2)26-14/h4-5,8,20H,3,6-7H2,1-2H3. The van der Waals surface area contributed by atoms with Gasteiger partial charge in [-0.15, -0.1) is 10.2 Å². The molecule has 1 saturated carbocycles. The number of aromatic nitrogens is 4. The summed E-state index contributed by atoms with van der Waals surface area (Å²) in [5.41, 5.74) is -0.278. The third-order valence-corrected chi connectivity index (χ3v) is 6.89. The molecule has 9 nitrogen and oxygen atoms in total. The summed E-state index contributed by atoms with van der Waals surface area (Å²) < 4.78 is 30.8. The third kappa shape index (κ3) is 2.86. The first kappa shape index (κ1) is 17.8. The third-order valence-electron chi connectivity index (χ3n) is 4.53. The van der Waals surface area contributed by atoms with Gasteiger partial charge in [0, 0.05) is 6.54 Å². The number of nitrogens with one attached hydrogen (secondary N) is 1. The van der Waals surface area contributed by atoms with Crippen LogP contribution in [0.15, 0.2) is 27.9 Å². The zero-order valence-electron chi connectivity index (χ0n) is 14.6. The van der Waals surface area contributed by atoms with Gasteiger partial charge in [0.05, 0.1) is 22.0 Å². The molecule has 1 aromatic carbocycles. The van der Waals surface area contributed by atoms with E-state index in [4.69, 9.17) is 5.26 Å². The van der Waals surface area contributed by atoms with Crippen molar-refractivity contribution in [3.8, 4) is 11.2 Å². The van der Waals surface area contributed by atoms with Crippen molar-refractivity contribution >= 4 is 32.4 Å². The first-order chi connectivity index (χ1) is 12.8. The molecular formula is C16H16N6O3S2. The molecule has 27 heavy (non-hydrogen) atoms. The van der Waals surface area contributed by atoms with Crippen LogP contribution in [0.3, 0.4) is 0 Å². The molecule has 1 aliphatic rings. The molecule has 0 aliphatic heterocycles. The van der Waals surface area contributed by atoms with Gasteiger partial charge < -0.3 is 0 Å². The van der Waals surface area contributed by atoms with E-state index in [2.05, 4.69) is 14.9 Å². The summed E-state index contributed by atoms with van der Waals surface area (Å²) in [4.78, 5) is 12.8. The van der Waals surface area contributed by atoms with E-state index in [-0.39, 0.29) is 10.6 Å². The Morgan fingerprint density at radius 3 is 2.63 bits per heavy atom. The van der Waals surface area contributed by atoms with E-state index in [1.54, 1.807) is 17.6 Å². The van der Waals surface area contributed by atoms with Gasteiger partial charge in [-0.25, -0.2) is 17.8 Å². The van der Waals surface area contributed by atoms with Crippen molar-refractivity contribution in [2.75, 3.05) is 0 Å². The van der Waals surface area contributed by atoms with E-state index in [1.165, 1.54) is 28.0 Å². The first-order valence-corrected chi connectivity index (χ1v) is 10.6. The number of fused-ring (bicyclic) bond motifs is 1. The second kappa shape index (κ2) is 5.98. The minimum absolute atomic E-state index is 0.000217. The summed E-state index contributed by atoms with van der Waals surface area (Å²) in [5, 5.41) is 18.2. The number of rotatable bonds is 5. The summed E-state index contributed by atoms with van der Waals surface area (Å²) in [7, 11) is -3.89. The van der Waals surface area contributed by atoms with Gasteiger partial charge in [-0.05, 0) is 44.9 Å². The molecule has 1 fully saturated rings. The van der Waals surface area contributed by atoms with Crippen LogP contribution >= 0.6 is 11.3 Å². The van der Waals surface area contributed by atoms with E-state index < -0.39 is 15.6 Å². The molecule has 0 spiro atoms. The molecule has 0 unspecified atom stereocenters. The van der Waals surface area contributed by atoms with Crippen LogP contribution in [0.25, 0.3) is 16.2 Å². The van der Waals surface area contributed by atoms with Gasteiger partial charge in [-0.1, -0.05) is 11.3 Å². The first-order valence-electron chi connectivity index (χ1n) is 8.31. The van der Waals surface area contributed by atoms with Crippen molar-refractivity contribution in [2.24, 2.45) is 0 Å². The Bertz CT molecular complexity index is 1260. The van der Waals surface area contributed by atoms with Crippen molar-refractivity contribution in [1.29, 1.82) is 5.26 Å². The SMILES string of the molecule is CCn1c(=O)n(-c2nnc(C)s2)c2cc(S(=O)(=O)NC3(C#N)CC3)ccc21. The number of aryl methyl sites for hydroxylation is 2. The van der Waals surface area contributed by atoms with Gasteiger partial charge in [-0.2, -0.15) is 9.98 Å². The lowest BCUT2D eigenvalue weighted by Crippen LogP contribution is -2.35. The predicted octanol–water partition coefficient (Wildman–Crippen LogP) is 1.31. The average Bonchev–Trinajstić information content (AvgIpc) is 3.16. The maximum Gasteiger partial charge on any atom is 0.335 e. The topological polar surface area (TPSA) is 123 Å². The van der Waals surface area contributed by atoms with Gasteiger partial charge >= 0.3 is 5.69 Å². The zero-order chi connectivity index (χ0) is 19.4. The quantitative estimate of drug-likeness (QED) is 0.684. The highest BCUT2D eigenvalue weighted by Gasteiger charge is 2.46. The smallest absolute Gasteiger partial charge is 0.292 e. The Labute approximate surface area is 158 Å². The van der Waals surface area contributed by atoms with Crippen molar-refractivity contribution in [3.63, 3.8) is 0 Å². The number of hydrogen-bond donors (Lipinski definition) is 1. The summed E-state index contributed by atoms with van der Waals surface area (Å²) in [6.45, 7) is 4.05. The van der Waals surface area contributed by atoms with E-state index in [0.29, 0.717) is 40.6 Å². The molecule has 0 amide bonds. The monoisotopic (exact) mass is 404 g/mol. The lowest BCUT2D eigenvalue weighted by Gasteiger charge is -2.10. The number of benzene rings is 1. The highest BCUT2D eigenvalue weighted by molar-refractivity contribution is 7.89. The van der Waals surface area contributed by atoms with E-state index in [0.717, 1.165) is 0 Å². The number of nitriles is 1. The molecule has 1 aliphatic carbocycles. The van der Waals surface area contributed by atoms with E-state index >= 15 is 0 Å². The molecule has 2 heterocycles. The minimum atomic E-state index is -3.89. The normalized spacial score (nSPS) is 15.7.